The van der Waals surface area contributed by atoms with E-state index >= 15 is 0 Å². The van der Waals surface area contributed by atoms with Crippen molar-refractivity contribution >= 4 is 0 Å². The lowest BCUT2D eigenvalue weighted by Gasteiger charge is -2.32. The van der Waals surface area contributed by atoms with Crippen molar-refractivity contribution in [1.82, 2.24) is 5.32 Å². The normalized spacial score (nSPS) is 20.8. The third-order valence-electron chi connectivity index (χ3n) is 4.65. The zero-order chi connectivity index (χ0) is 15.1. The lowest BCUT2D eigenvalue weighted by molar-refractivity contribution is 0.0247. The van der Waals surface area contributed by atoms with Gasteiger partial charge in [-0.3, -0.25) is 0 Å². The second-order valence-corrected chi connectivity index (χ2v) is 6.37. The molecule has 0 saturated carbocycles. The van der Waals surface area contributed by atoms with Crippen LogP contribution < -0.4 is 5.32 Å². The van der Waals surface area contributed by atoms with E-state index in [4.69, 9.17) is 4.74 Å². The van der Waals surface area contributed by atoms with Gasteiger partial charge in [0.05, 0.1) is 12.7 Å². The second-order valence-electron chi connectivity index (χ2n) is 6.37. The molecule has 1 aromatic rings. The lowest BCUT2D eigenvalue weighted by atomic mass is 9.87. The predicted molar refractivity (Wildman–Crippen MR) is 89.6 cm³/mol. The van der Waals surface area contributed by atoms with Gasteiger partial charge < -0.3 is 10.1 Å². The smallest absolute Gasteiger partial charge is 0.0842 e. The Bertz CT molecular complexity index is 418. The summed E-state index contributed by atoms with van der Waals surface area (Å²) in [6.45, 7) is 8.86. The van der Waals surface area contributed by atoms with Crippen LogP contribution in [0.3, 0.4) is 0 Å². The maximum absolute atomic E-state index is 6.10. The van der Waals surface area contributed by atoms with E-state index in [0.29, 0.717) is 12.0 Å². The maximum atomic E-state index is 6.10. The Morgan fingerprint density at radius 3 is 2.81 bits per heavy atom. The molecule has 0 aliphatic carbocycles. The molecule has 0 bridgehead atoms. The highest BCUT2D eigenvalue weighted by Gasteiger charge is 2.26. The molecule has 2 rings (SSSR count). The minimum absolute atomic E-state index is 0.267. The Kier molecular flexibility index (Phi) is 6.72. The molecule has 1 aromatic carbocycles. The largest absolute Gasteiger partial charge is 0.373 e. The molecule has 0 spiro atoms. The van der Waals surface area contributed by atoms with Crippen LogP contribution in [0.5, 0.6) is 0 Å². The van der Waals surface area contributed by atoms with Gasteiger partial charge in [-0.25, -0.2) is 0 Å². The van der Waals surface area contributed by atoms with E-state index in [-0.39, 0.29) is 6.10 Å². The Morgan fingerprint density at radius 2 is 2.05 bits per heavy atom. The van der Waals surface area contributed by atoms with Crippen molar-refractivity contribution in [3.8, 4) is 0 Å². The molecule has 3 atom stereocenters. The SMILES string of the molecule is CCCNC(CC1OCCc2ccccc21)C(C)CCC. The minimum Gasteiger partial charge on any atom is -0.373 e. The fourth-order valence-corrected chi connectivity index (χ4v) is 3.41. The van der Waals surface area contributed by atoms with Crippen LogP contribution in [0.25, 0.3) is 0 Å². The number of ether oxygens (including phenoxy) is 1. The Morgan fingerprint density at radius 1 is 1.24 bits per heavy atom. The van der Waals surface area contributed by atoms with Gasteiger partial charge in [0.25, 0.3) is 0 Å². The van der Waals surface area contributed by atoms with E-state index in [1.807, 2.05) is 0 Å². The number of hydrogen-bond acceptors (Lipinski definition) is 2. The maximum Gasteiger partial charge on any atom is 0.0842 e. The van der Waals surface area contributed by atoms with Gasteiger partial charge in [-0.1, -0.05) is 51.5 Å². The number of benzene rings is 1. The highest BCUT2D eigenvalue weighted by Crippen LogP contribution is 2.32. The fourth-order valence-electron chi connectivity index (χ4n) is 3.41. The van der Waals surface area contributed by atoms with Crippen LogP contribution in [0.1, 0.15) is 63.7 Å². The highest BCUT2D eigenvalue weighted by atomic mass is 16.5. The van der Waals surface area contributed by atoms with Crippen molar-refractivity contribution in [2.24, 2.45) is 5.92 Å². The molecule has 1 N–H and O–H groups in total. The van der Waals surface area contributed by atoms with Crippen LogP contribution in [0, 0.1) is 5.92 Å². The zero-order valence-electron chi connectivity index (χ0n) is 13.9. The molecule has 0 aromatic heterocycles. The zero-order valence-corrected chi connectivity index (χ0v) is 13.9. The van der Waals surface area contributed by atoms with Crippen molar-refractivity contribution < 1.29 is 4.74 Å². The third-order valence-corrected chi connectivity index (χ3v) is 4.65. The first-order valence-corrected chi connectivity index (χ1v) is 8.69. The average Bonchev–Trinajstić information content (AvgIpc) is 2.51. The summed E-state index contributed by atoms with van der Waals surface area (Å²) in [5.41, 5.74) is 2.89. The molecule has 2 heteroatoms. The van der Waals surface area contributed by atoms with Crippen LogP contribution in [0.2, 0.25) is 0 Å². The lowest BCUT2D eigenvalue weighted by Crippen LogP contribution is -2.38. The van der Waals surface area contributed by atoms with Gasteiger partial charge in [-0.2, -0.15) is 0 Å². The number of rotatable bonds is 8. The summed E-state index contributed by atoms with van der Waals surface area (Å²) in [6, 6.07) is 9.36. The molecule has 0 amide bonds. The summed E-state index contributed by atoms with van der Waals surface area (Å²) in [6.07, 6.45) is 6.16. The molecule has 1 heterocycles. The van der Waals surface area contributed by atoms with Gasteiger partial charge in [0.1, 0.15) is 0 Å². The summed E-state index contributed by atoms with van der Waals surface area (Å²) in [5, 5.41) is 3.75. The van der Waals surface area contributed by atoms with Crippen LogP contribution >= 0.6 is 0 Å². The van der Waals surface area contributed by atoms with E-state index in [0.717, 1.165) is 26.0 Å². The number of nitrogens with one attached hydrogen (secondary N) is 1. The first-order valence-electron chi connectivity index (χ1n) is 8.69. The molecule has 0 radical (unpaired) electrons. The van der Waals surface area contributed by atoms with E-state index in [9.17, 15) is 0 Å². The first-order chi connectivity index (χ1) is 10.3. The van der Waals surface area contributed by atoms with Crippen LogP contribution in [-0.4, -0.2) is 19.2 Å². The predicted octanol–water partition coefficient (Wildman–Crippen LogP) is 4.49. The van der Waals surface area contributed by atoms with Crippen molar-refractivity contribution in [3.05, 3.63) is 35.4 Å². The fraction of sp³-hybridized carbons (Fsp3) is 0.684. The average molecular weight is 289 g/mol. The van der Waals surface area contributed by atoms with Crippen molar-refractivity contribution in [1.29, 1.82) is 0 Å². The molecule has 118 valence electrons. The standard InChI is InChI=1S/C19H31NO/c1-4-8-15(3)18(20-12-5-2)14-19-17-10-7-6-9-16(17)11-13-21-19/h6-7,9-10,15,18-20H,4-5,8,11-14H2,1-3H3. The molecule has 1 aliphatic rings. The van der Waals surface area contributed by atoms with E-state index < -0.39 is 0 Å². The van der Waals surface area contributed by atoms with E-state index in [1.54, 1.807) is 0 Å². The number of hydrogen-bond donors (Lipinski definition) is 1. The Hall–Kier alpha value is -0.860. The molecule has 0 saturated heterocycles. The molecular formula is C19H31NO. The Labute approximate surface area is 130 Å². The summed E-state index contributed by atoms with van der Waals surface area (Å²) in [5.74, 6) is 0.708. The van der Waals surface area contributed by atoms with Crippen molar-refractivity contribution in [2.45, 2.75) is 65.0 Å². The minimum atomic E-state index is 0.267. The molecule has 2 nitrogen and oxygen atoms in total. The van der Waals surface area contributed by atoms with Crippen molar-refractivity contribution in [2.75, 3.05) is 13.2 Å². The van der Waals surface area contributed by atoms with Crippen LogP contribution in [-0.2, 0) is 11.2 Å². The van der Waals surface area contributed by atoms with Crippen LogP contribution in [0.15, 0.2) is 24.3 Å². The molecule has 3 unspecified atom stereocenters. The van der Waals surface area contributed by atoms with Gasteiger partial charge in [-0.05, 0) is 49.3 Å². The first kappa shape index (κ1) is 16.5. The quantitative estimate of drug-likeness (QED) is 0.761. The van der Waals surface area contributed by atoms with Gasteiger partial charge in [-0.15, -0.1) is 0 Å². The Balaban J connectivity index is 2.06. The van der Waals surface area contributed by atoms with Gasteiger partial charge >= 0.3 is 0 Å². The molecule has 0 fully saturated rings. The summed E-state index contributed by atoms with van der Waals surface area (Å²) >= 11 is 0. The third kappa shape index (κ3) is 4.55. The van der Waals surface area contributed by atoms with Gasteiger partial charge in [0.15, 0.2) is 0 Å². The monoisotopic (exact) mass is 289 g/mol. The van der Waals surface area contributed by atoms with Crippen LogP contribution in [0.4, 0.5) is 0 Å². The van der Waals surface area contributed by atoms with Gasteiger partial charge in [0, 0.05) is 6.04 Å². The molecular weight excluding hydrogens is 258 g/mol. The molecule has 1 aliphatic heterocycles. The molecule has 21 heavy (non-hydrogen) atoms. The highest BCUT2D eigenvalue weighted by molar-refractivity contribution is 5.31. The topological polar surface area (TPSA) is 21.3 Å². The number of fused-ring (bicyclic) bond motifs is 1. The summed E-state index contributed by atoms with van der Waals surface area (Å²) in [4.78, 5) is 0. The summed E-state index contributed by atoms with van der Waals surface area (Å²) < 4.78 is 6.10. The van der Waals surface area contributed by atoms with E-state index in [2.05, 4.69) is 50.4 Å². The second kappa shape index (κ2) is 8.55. The van der Waals surface area contributed by atoms with E-state index in [1.165, 1.54) is 30.4 Å². The van der Waals surface area contributed by atoms with Gasteiger partial charge in [0.2, 0.25) is 0 Å². The van der Waals surface area contributed by atoms with Crippen molar-refractivity contribution in [3.63, 3.8) is 0 Å². The summed E-state index contributed by atoms with van der Waals surface area (Å²) in [7, 11) is 0.